The summed E-state index contributed by atoms with van der Waals surface area (Å²) in [7, 11) is 0. The maximum atomic E-state index is 8.40. The Balaban J connectivity index is 3.90. The highest BCUT2D eigenvalue weighted by molar-refractivity contribution is 4.75. The molecule has 3 nitrogen and oxygen atoms in total. The van der Waals surface area contributed by atoms with Crippen molar-refractivity contribution in [3.63, 3.8) is 0 Å². The molecular weight excluding hydrogens is 154 g/mol. The SMILES string of the molecule is CCOC(C)(CCC#N)OCC. The quantitative estimate of drug-likeness (QED) is 0.574. The van der Waals surface area contributed by atoms with E-state index in [0.29, 0.717) is 26.1 Å². The lowest BCUT2D eigenvalue weighted by Gasteiger charge is -2.28. The van der Waals surface area contributed by atoms with Crippen molar-refractivity contribution in [1.29, 1.82) is 5.26 Å². The molecule has 0 rings (SSSR count). The zero-order chi connectivity index (χ0) is 9.45. The van der Waals surface area contributed by atoms with E-state index in [1.165, 1.54) is 0 Å². The van der Waals surface area contributed by atoms with E-state index in [0.717, 1.165) is 0 Å². The van der Waals surface area contributed by atoms with Crippen LogP contribution in [0.4, 0.5) is 0 Å². The Morgan fingerprint density at radius 3 is 2.08 bits per heavy atom. The van der Waals surface area contributed by atoms with E-state index >= 15 is 0 Å². The van der Waals surface area contributed by atoms with Gasteiger partial charge in [0, 0.05) is 26.1 Å². The highest BCUT2D eigenvalue weighted by Crippen LogP contribution is 2.18. The van der Waals surface area contributed by atoms with Crippen LogP contribution in [0.15, 0.2) is 0 Å². The van der Waals surface area contributed by atoms with Crippen LogP contribution in [0.2, 0.25) is 0 Å². The molecule has 0 aromatic heterocycles. The van der Waals surface area contributed by atoms with Crippen LogP contribution in [0.3, 0.4) is 0 Å². The smallest absolute Gasteiger partial charge is 0.166 e. The molecule has 0 atom stereocenters. The van der Waals surface area contributed by atoms with Gasteiger partial charge in [0.1, 0.15) is 0 Å². The Bertz CT molecular complexity index is 145. The number of hydrogen-bond acceptors (Lipinski definition) is 3. The second-order valence-electron chi connectivity index (χ2n) is 2.66. The molecule has 0 aromatic carbocycles. The molecule has 0 spiro atoms. The first-order valence-electron chi connectivity index (χ1n) is 4.33. The summed E-state index contributed by atoms with van der Waals surface area (Å²) in [6.45, 7) is 6.94. The van der Waals surface area contributed by atoms with Crippen molar-refractivity contribution in [2.45, 2.75) is 39.4 Å². The Morgan fingerprint density at radius 1 is 1.25 bits per heavy atom. The molecule has 0 aromatic rings. The molecule has 0 aliphatic carbocycles. The van der Waals surface area contributed by atoms with Crippen LogP contribution < -0.4 is 0 Å². The predicted molar refractivity (Wildman–Crippen MR) is 46.5 cm³/mol. The Morgan fingerprint density at radius 2 is 1.75 bits per heavy atom. The molecule has 3 heteroatoms. The van der Waals surface area contributed by atoms with Gasteiger partial charge >= 0.3 is 0 Å². The highest BCUT2D eigenvalue weighted by Gasteiger charge is 2.23. The molecule has 0 saturated heterocycles. The molecule has 0 aliphatic rings. The van der Waals surface area contributed by atoms with Crippen LogP contribution in [0, 0.1) is 11.3 Å². The fraction of sp³-hybridized carbons (Fsp3) is 0.889. The van der Waals surface area contributed by atoms with Gasteiger partial charge in [-0.1, -0.05) is 0 Å². The van der Waals surface area contributed by atoms with Gasteiger partial charge < -0.3 is 9.47 Å². The van der Waals surface area contributed by atoms with Gasteiger partial charge in [0.25, 0.3) is 0 Å². The van der Waals surface area contributed by atoms with E-state index in [9.17, 15) is 0 Å². The van der Waals surface area contributed by atoms with E-state index in [4.69, 9.17) is 14.7 Å². The molecule has 12 heavy (non-hydrogen) atoms. The second-order valence-corrected chi connectivity index (χ2v) is 2.66. The van der Waals surface area contributed by atoms with Gasteiger partial charge in [0.15, 0.2) is 5.79 Å². The monoisotopic (exact) mass is 171 g/mol. The summed E-state index contributed by atoms with van der Waals surface area (Å²) < 4.78 is 10.8. The van der Waals surface area contributed by atoms with E-state index < -0.39 is 5.79 Å². The largest absolute Gasteiger partial charge is 0.350 e. The molecule has 0 amide bonds. The Labute approximate surface area is 74.3 Å². The van der Waals surface area contributed by atoms with Crippen LogP contribution in [0.5, 0.6) is 0 Å². The third kappa shape index (κ3) is 4.32. The summed E-state index contributed by atoms with van der Waals surface area (Å²) in [6.07, 6.45) is 1.10. The lowest BCUT2D eigenvalue weighted by molar-refractivity contribution is -0.223. The van der Waals surface area contributed by atoms with Crippen molar-refractivity contribution in [2.24, 2.45) is 0 Å². The average Bonchev–Trinajstić information content (AvgIpc) is 2.02. The van der Waals surface area contributed by atoms with Crippen LogP contribution in [-0.4, -0.2) is 19.0 Å². The van der Waals surface area contributed by atoms with Crippen molar-refractivity contribution in [3.05, 3.63) is 0 Å². The third-order valence-corrected chi connectivity index (χ3v) is 1.59. The van der Waals surface area contributed by atoms with Gasteiger partial charge in [0.2, 0.25) is 0 Å². The van der Waals surface area contributed by atoms with E-state index in [1.54, 1.807) is 0 Å². The first kappa shape index (κ1) is 11.4. The number of ether oxygens (including phenoxy) is 2. The van der Waals surface area contributed by atoms with Crippen LogP contribution in [-0.2, 0) is 9.47 Å². The lowest BCUT2D eigenvalue weighted by atomic mass is 10.2. The van der Waals surface area contributed by atoms with Crippen molar-refractivity contribution in [3.8, 4) is 6.07 Å². The van der Waals surface area contributed by atoms with Crippen LogP contribution in [0.1, 0.15) is 33.6 Å². The second kappa shape index (κ2) is 5.99. The fourth-order valence-electron chi connectivity index (χ4n) is 1.08. The summed E-state index contributed by atoms with van der Waals surface area (Å²) >= 11 is 0. The molecule has 0 aliphatic heterocycles. The normalized spacial score (nSPS) is 11.2. The molecule has 0 fully saturated rings. The molecule has 0 heterocycles. The molecular formula is C9H17NO2. The van der Waals surface area contributed by atoms with Gasteiger partial charge in [-0.05, 0) is 20.8 Å². The van der Waals surface area contributed by atoms with E-state index in [1.807, 2.05) is 20.8 Å². The minimum absolute atomic E-state index is 0.469. The summed E-state index contributed by atoms with van der Waals surface area (Å²) in [4.78, 5) is 0. The zero-order valence-electron chi connectivity index (χ0n) is 8.09. The first-order valence-corrected chi connectivity index (χ1v) is 4.33. The maximum Gasteiger partial charge on any atom is 0.166 e. The number of hydrogen-bond donors (Lipinski definition) is 0. The molecule has 0 radical (unpaired) electrons. The topological polar surface area (TPSA) is 42.2 Å². The van der Waals surface area contributed by atoms with Gasteiger partial charge in [-0.3, -0.25) is 0 Å². The van der Waals surface area contributed by atoms with Gasteiger partial charge in [-0.25, -0.2) is 0 Å². The standard InChI is InChI=1S/C9H17NO2/c1-4-11-9(3,12-5-2)7-6-8-10/h4-7H2,1-3H3. The minimum Gasteiger partial charge on any atom is -0.350 e. The lowest BCUT2D eigenvalue weighted by Crippen LogP contribution is -2.32. The van der Waals surface area contributed by atoms with Gasteiger partial charge in [0.05, 0.1) is 6.07 Å². The van der Waals surface area contributed by atoms with Crippen molar-refractivity contribution >= 4 is 0 Å². The molecule has 0 bridgehead atoms. The molecule has 0 saturated carbocycles. The molecule has 70 valence electrons. The average molecular weight is 171 g/mol. The van der Waals surface area contributed by atoms with Crippen LogP contribution >= 0.6 is 0 Å². The first-order chi connectivity index (χ1) is 5.68. The third-order valence-electron chi connectivity index (χ3n) is 1.59. The summed E-state index contributed by atoms with van der Waals surface area (Å²) in [5.74, 6) is -0.570. The fourth-order valence-corrected chi connectivity index (χ4v) is 1.08. The number of nitriles is 1. The summed E-state index contributed by atoms with van der Waals surface area (Å²) in [6, 6.07) is 2.08. The Kier molecular flexibility index (Phi) is 5.69. The van der Waals surface area contributed by atoms with E-state index in [2.05, 4.69) is 6.07 Å². The number of nitrogens with zero attached hydrogens (tertiary/aromatic N) is 1. The molecule has 0 N–H and O–H groups in total. The minimum atomic E-state index is -0.570. The van der Waals surface area contributed by atoms with Gasteiger partial charge in [-0.15, -0.1) is 0 Å². The Hall–Kier alpha value is -0.590. The van der Waals surface area contributed by atoms with Gasteiger partial charge in [-0.2, -0.15) is 5.26 Å². The molecule has 0 unspecified atom stereocenters. The van der Waals surface area contributed by atoms with E-state index in [-0.39, 0.29) is 0 Å². The maximum absolute atomic E-state index is 8.40. The number of rotatable bonds is 6. The van der Waals surface area contributed by atoms with Crippen LogP contribution in [0.25, 0.3) is 0 Å². The summed E-state index contributed by atoms with van der Waals surface area (Å²) in [5.41, 5.74) is 0. The van der Waals surface area contributed by atoms with Crippen molar-refractivity contribution in [1.82, 2.24) is 0 Å². The highest BCUT2D eigenvalue weighted by atomic mass is 16.7. The van der Waals surface area contributed by atoms with Crippen molar-refractivity contribution < 1.29 is 9.47 Å². The summed E-state index contributed by atoms with van der Waals surface area (Å²) in [5, 5.41) is 8.40. The zero-order valence-corrected chi connectivity index (χ0v) is 8.09. The van der Waals surface area contributed by atoms with Crippen molar-refractivity contribution in [2.75, 3.05) is 13.2 Å². The predicted octanol–water partition coefficient (Wildman–Crippen LogP) is 2.08.